The van der Waals surface area contributed by atoms with Gasteiger partial charge in [-0.05, 0) is 30.5 Å². The Morgan fingerprint density at radius 2 is 2.11 bits per heavy atom. The Morgan fingerprint density at radius 1 is 1.28 bits per heavy atom. The number of hydrogen-bond acceptors (Lipinski definition) is 4. The lowest BCUT2D eigenvalue weighted by Gasteiger charge is -2.05. The minimum Gasteiger partial charge on any atom is -0.481 e. The molecule has 0 unspecified atom stereocenters. The van der Waals surface area contributed by atoms with Gasteiger partial charge in [0, 0.05) is 13.0 Å². The fourth-order valence-corrected chi connectivity index (χ4v) is 1.70. The third-order valence-electron chi connectivity index (χ3n) is 2.64. The van der Waals surface area contributed by atoms with Gasteiger partial charge in [0.15, 0.2) is 11.5 Å². The van der Waals surface area contributed by atoms with E-state index in [1.54, 1.807) is 0 Å². The van der Waals surface area contributed by atoms with Crippen molar-refractivity contribution < 1.29 is 24.1 Å². The van der Waals surface area contributed by atoms with E-state index in [2.05, 4.69) is 0 Å². The van der Waals surface area contributed by atoms with Crippen LogP contribution in [0.25, 0.3) is 0 Å². The highest BCUT2D eigenvalue weighted by Gasteiger charge is 2.12. The van der Waals surface area contributed by atoms with Gasteiger partial charge in [-0.25, -0.2) is 0 Å². The van der Waals surface area contributed by atoms with Gasteiger partial charge in [-0.2, -0.15) is 0 Å². The number of carboxylic acids is 1. The average molecular weight is 252 g/mol. The topological polar surface area (TPSA) is 65.0 Å². The number of aliphatic carboxylic acids is 1. The predicted molar refractivity (Wildman–Crippen MR) is 63.7 cm³/mol. The number of ether oxygens (including phenoxy) is 3. The van der Waals surface area contributed by atoms with Crippen molar-refractivity contribution in [1.82, 2.24) is 0 Å². The van der Waals surface area contributed by atoms with E-state index in [4.69, 9.17) is 19.3 Å². The quantitative estimate of drug-likeness (QED) is 0.753. The Bertz CT molecular complexity index is 416. The maximum atomic E-state index is 10.3. The molecule has 5 heteroatoms. The summed E-state index contributed by atoms with van der Waals surface area (Å²) in [6.07, 6.45) is 1.61. The van der Waals surface area contributed by atoms with Crippen LogP contribution in [0.3, 0.4) is 0 Å². The van der Waals surface area contributed by atoms with Gasteiger partial charge in [0.1, 0.15) is 0 Å². The van der Waals surface area contributed by atoms with E-state index in [0.717, 1.165) is 23.5 Å². The smallest absolute Gasteiger partial charge is 0.303 e. The van der Waals surface area contributed by atoms with Crippen LogP contribution in [0.2, 0.25) is 0 Å². The number of carbonyl (C=O) groups is 1. The van der Waals surface area contributed by atoms with Crippen molar-refractivity contribution in [2.24, 2.45) is 0 Å². The van der Waals surface area contributed by atoms with Gasteiger partial charge in [-0.15, -0.1) is 0 Å². The summed E-state index contributed by atoms with van der Waals surface area (Å²) in [6.45, 7) is 1.35. The Balaban J connectivity index is 1.66. The molecule has 1 aromatic carbocycles. The molecule has 2 rings (SSSR count). The van der Waals surface area contributed by atoms with Crippen LogP contribution in [-0.2, 0) is 16.1 Å². The molecule has 0 saturated heterocycles. The van der Waals surface area contributed by atoms with E-state index < -0.39 is 5.97 Å². The number of rotatable bonds is 7. The monoisotopic (exact) mass is 252 g/mol. The molecule has 0 bridgehead atoms. The zero-order valence-corrected chi connectivity index (χ0v) is 10.1. The second-order valence-electron chi connectivity index (χ2n) is 4.09. The van der Waals surface area contributed by atoms with E-state index in [-0.39, 0.29) is 13.2 Å². The second kappa shape index (κ2) is 6.26. The summed E-state index contributed by atoms with van der Waals surface area (Å²) in [5.74, 6) is 0.757. The zero-order valence-electron chi connectivity index (χ0n) is 10.1. The Labute approximate surface area is 105 Å². The number of hydrogen-bond donors (Lipinski definition) is 1. The molecule has 0 amide bonds. The molecule has 1 heterocycles. The van der Waals surface area contributed by atoms with Crippen LogP contribution in [0.5, 0.6) is 11.5 Å². The molecule has 1 aromatic rings. The Kier molecular flexibility index (Phi) is 4.41. The average Bonchev–Trinajstić information content (AvgIpc) is 2.80. The van der Waals surface area contributed by atoms with Gasteiger partial charge < -0.3 is 19.3 Å². The van der Waals surface area contributed by atoms with Crippen molar-refractivity contribution in [2.45, 2.75) is 25.9 Å². The van der Waals surface area contributed by atoms with E-state index in [1.165, 1.54) is 0 Å². The van der Waals surface area contributed by atoms with Crippen LogP contribution in [0.4, 0.5) is 0 Å². The van der Waals surface area contributed by atoms with E-state index in [1.807, 2.05) is 18.2 Å². The van der Waals surface area contributed by atoms with Crippen molar-refractivity contribution in [3.05, 3.63) is 23.8 Å². The van der Waals surface area contributed by atoms with Crippen molar-refractivity contribution in [3.63, 3.8) is 0 Å². The number of fused-ring (bicyclic) bond motifs is 1. The number of carboxylic acid groups (broad SMARTS) is 1. The fraction of sp³-hybridized carbons (Fsp3) is 0.462. The lowest BCUT2D eigenvalue weighted by Crippen LogP contribution is -1.98. The Morgan fingerprint density at radius 3 is 2.94 bits per heavy atom. The van der Waals surface area contributed by atoms with Gasteiger partial charge in [0.2, 0.25) is 6.79 Å². The molecule has 0 fully saturated rings. The van der Waals surface area contributed by atoms with Crippen LogP contribution in [-0.4, -0.2) is 24.5 Å². The van der Waals surface area contributed by atoms with E-state index in [0.29, 0.717) is 19.6 Å². The molecule has 0 aliphatic carbocycles. The standard InChI is InChI=1S/C13H16O5/c14-13(15)3-1-2-6-16-8-10-4-5-11-12(7-10)18-9-17-11/h4-5,7H,1-3,6,8-9H2,(H,14,15). The highest BCUT2D eigenvalue weighted by Crippen LogP contribution is 2.32. The summed E-state index contributed by atoms with van der Waals surface area (Å²) < 4.78 is 16.0. The van der Waals surface area contributed by atoms with Crippen molar-refractivity contribution in [1.29, 1.82) is 0 Å². The molecular weight excluding hydrogens is 236 g/mol. The second-order valence-corrected chi connectivity index (χ2v) is 4.09. The predicted octanol–water partition coefficient (Wildman–Crippen LogP) is 2.19. The van der Waals surface area contributed by atoms with Gasteiger partial charge in [0.25, 0.3) is 0 Å². The molecule has 0 atom stereocenters. The molecule has 1 aliphatic rings. The third-order valence-corrected chi connectivity index (χ3v) is 2.64. The summed E-state index contributed by atoms with van der Waals surface area (Å²) in [7, 11) is 0. The van der Waals surface area contributed by atoms with Crippen LogP contribution in [0.1, 0.15) is 24.8 Å². The summed E-state index contributed by atoms with van der Waals surface area (Å²) in [4.78, 5) is 10.3. The minimum atomic E-state index is -0.759. The molecule has 1 N–H and O–H groups in total. The molecule has 1 aliphatic heterocycles. The van der Waals surface area contributed by atoms with Crippen molar-refractivity contribution >= 4 is 5.97 Å². The molecule has 0 aromatic heterocycles. The molecule has 18 heavy (non-hydrogen) atoms. The van der Waals surface area contributed by atoms with Crippen molar-refractivity contribution in [2.75, 3.05) is 13.4 Å². The fourth-order valence-electron chi connectivity index (χ4n) is 1.70. The Hall–Kier alpha value is -1.75. The van der Waals surface area contributed by atoms with E-state index >= 15 is 0 Å². The first kappa shape index (κ1) is 12.7. The molecule has 5 nitrogen and oxygen atoms in total. The van der Waals surface area contributed by atoms with Crippen LogP contribution in [0, 0.1) is 0 Å². The van der Waals surface area contributed by atoms with Gasteiger partial charge in [0.05, 0.1) is 6.61 Å². The molecule has 0 spiro atoms. The molecule has 98 valence electrons. The molecular formula is C13H16O5. The first-order chi connectivity index (χ1) is 8.75. The van der Waals surface area contributed by atoms with E-state index in [9.17, 15) is 4.79 Å². The number of benzene rings is 1. The third kappa shape index (κ3) is 3.63. The SMILES string of the molecule is O=C(O)CCCCOCc1ccc2c(c1)OCO2. The summed E-state index contributed by atoms with van der Waals surface area (Å²) in [5, 5.41) is 8.47. The van der Waals surface area contributed by atoms with Gasteiger partial charge >= 0.3 is 5.97 Å². The first-order valence-corrected chi connectivity index (χ1v) is 5.94. The highest BCUT2D eigenvalue weighted by molar-refractivity contribution is 5.66. The lowest BCUT2D eigenvalue weighted by molar-refractivity contribution is -0.137. The largest absolute Gasteiger partial charge is 0.481 e. The zero-order chi connectivity index (χ0) is 12.8. The van der Waals surface area contributed by atoms with Gasteiger partial charge in [-0.1, -0.05) is 6.07 Å². The molecule has 0 saturated carbocycles. The summed E-state index contributed by atoms with van der Waals surface area (Å²) >= 11 is 0. The van der Waals surface area contributed by atoms with Crippen LogP contribution in [0.15, 0.2) is 18.2 Å². The maximum Gasteiger partial charge on any atom is 0.303 e. The molecule has 0 radical (unpaired) electrons. The normalized spacial score (nSPS) is 12.7. The number of unbranched alkanes of at least 4 members (excludes halogenated alkanes) is 1. The highest BCUT2D eigenvalue weighted by atomic mass is 16.7. The lowest BCUT2D eigenvalue weighted by atomic mass is 10.2. The first-order valence-electron chi connectivity index (χ1n) is 5.94. The maximum absolute atomic E-state index is 10.3. The summed E-state index contributed by atoms with van der Waals surface area (Å²) in [6, 6.07) is 5.70. The summed E-state index contributed by atoms with van der Waals surface area (Å²) in [5.41, 5.74) is 1.03. The van der Waals surface area contributed by atoms with Gasteiger partial charge in [-0.3, -0.25) is 4.79 Å². The minimum absolute atomic E-state index is 0.202. The van der Waals surface area contributed by atoms with Crippen LogP contribution >= 0.6 is 0 Å². The van der Waals surface area contributed by atoms with Crippen molar-refractivity contribution in [3.8, 4) is 11.5 Å². The van der Waals surface area contributed by atoms with Crippen LogP contribution < -0.4 is 9.47 Å².